The van der Waals surface area contributed by atoms with Gasteiger partial charge in [-0.1, -0.05) is 0 Å². The zero-order valence-electron chi connectivity index (χ0n) is 9.37. The Balaban J connectivity index is 1.93. The van der Waals surface area contributed by atoms with Gasteiger partial charge in [0.1, 0.15) is 0 Å². The number of likely N-dealkylation sites (tertiary alicyclic amines) is 1. The van der Waals surface area contributed by atoms with E-state index >= 15 is 0 Å². The molecule has 0 spiro atoms. The first kappa shape index (κ1) is 9.73. The fourth-order valence-corrected chi connectivity index (χ4v) is 2.51. The highest BCUT2D eigenvalue weighted by atomic mass is 15.1. The van der Waals surface area contributed by atoms with Gasteiger partial charge in [0.25, 0.3) is 0 Å². The third-order valence-corrected chi connectivity index (χ3v) is 3.38. The first-order chi connectivity index (χ1) is 7.83. The molecule has 2 heterocycles. The van der Waals surface area contributed by atoms with E-state index in [4.69, 9.17) is 5.73 Å². The number of nitrogens with zero attached hydrogens (tertiary/aromatic N) is 1. The monoisotopic (exact) mass is 215 g/mol. The minimum absolute atomic E-state index is 0.842. The summed E-state index contributed by atoms with van der Waals surface area (Å²) >= 11 is 0. The van der Waals surface area contributed by atoms with Gasteiger partial charge in [0.05, 0.1) is 0 Å². The van der Waals surface area contributed by atoms with Crippen molar-refractivity contribution in [2.75, 3.05) is 18.8 Å². The molecule has 1 aromatic heterocycles. The zero-order chi connectivity index (χ0) is 11.0. The van der Waals surface area contributed by atoms with Gasteiger partial charge in [-0.15, -0.1) is 0 Å². The van der Waals surface area contributed by atoms with Crippen molar-refractivity contribution in [2.24, 2.45) is 0 Å². The number of aromatic nitrogens is 1. The molecule has 3 rings (SSSR count). The second kappa shape index (κ2) is 3.83. The maximum absolute atomic E-state index is 5.83. The predicted octanol–water partition coefficient (Wildman–Crippen LogP) is 2.35. The Bertz CT molecular complexity index is 495. The van der Waals surface area contributed by atoms with Crippen LogP contribution in [0.3, 0.4) is 0 Å². The molecule has 0 saturated carbocycles. The lowest BCUT2D eigenvalue weighted by atomic mass is 10.1. The van der Waals surface area contributed by atoms with Crippen LogP contribution in [0.25, 0.3) is 10.9 Å². The molecule has 3 N–H and O–H groups in total. The van der Waals surface area contributed by atoms with Crippen LogP contribution in [0.1, 0.15) is 18.4 Å². The van der Waals surface area contributed by atoms with Crippen molar-refractivity contribution in [2.45, 2.75) is 19.4 Å². The number of hydrogen-bond acceptors (Lipinski definition) is 2. The van der Waals surface area contributed by atoms with E-state index in [-0.39, 0.29) is 0 Å². The summed E-state index contributed by atoms with van der Waals surface area (Å²) in [4.78, 5) is 5.81. The average molecular weight is 215 g/mol. The van der Waals surface area contributed by atoms with Gasteiger partial charge < -0.3 is 10.7 Å². The van der Waals surface area contributed by atoms with Gasteiger partial charge in [-0.3, -0.25) is 4.90 Å². The highest BCUT2D eigenvalue weighted by Gasteiger charge is 2.13. The maximum Gasteiger partial charge on any atom is 0.0458 e. The summed E-state index contributed by atoms with van der Waals surface area (Å²) in [6.45, 7) is 3.51. The topological polar surface area (TPSA) is 45.1 Å². The molecule has 3 nitrogen and oxygen atoms in total. The third kappa shape index (κ3) is 1.67. The van der Waals surface area contributed by atoms with Crippen molar-refractivity contribution in [3.8, 4) is 0 Å². The molecule has 0 aliphatic carbocycles. The highest BCUT2D eigenvalue weighted by molar-refractivity contribution is 5.86. The molecule has 0 bridgehead atoms. The SMILES string of the molecule is Nc1ccc2[nH]cc(CN3CCCC3)c2c1. The number of anilines is 1. The lowest BCUT2D eigenvalue weighted by Crippen LogP contribution is -2.18. The van der Waals surface area contributed by atoms with E-state index in [0.29, 0.717) is 0 Å². The number of H-pyrrole nitrogens is 1. The molecular formula is C13H17N3. The van der Waals surface area contributed by atoms with Crippen LogP contribution in [-0.4, -0.2) is 23.0 Å². The first-order valence-electron chi connectivity index (χ1n) is 5.91. The molecule has 3 heteroatoms. The Kier molecular flexibility index (Phi) is 2.33. The lowest BCUT2D eigenvalue weighted by Gasteiger charge is -2.13. The van der Waals surface area contributed by atoms with Crippen LogP contribution in [0.4, 0.5) is 5.69 Å². The standard InChI is InChI=1S/C13H17N3/c14-11-3-4-13-12(7-11)10(8-15-13)9-16-5-1-2-6-16/h3-4,7-8,15H,1-2,5-6,9,14H2. The molecule has 2 aromatic rings. The largest absolute Gasteiger partial charge is 0.399 e. The molecule has 84 valence electrons. The lowest BCUT2D eigenvalue weighted by molar-refractivity contribution is 0.332. The van der Waals surface area contributed by atoms with Crippen LogP contribution in [0, 0.1) is 0 Å². The molecule has 1 fully saturated rings. The number of aromatic amines is 1. The van der Waals surface area contributed by atoms with Crippen LogP contribution >= 0.6 is 0 Å². The Labute approximate surface area is 95.2 Å². The smallest absolute Gasteiger partial charge is 0.0458 e. The second-order valence-electron chi connectivity index (χ2n) is 4.60. The maximum atomic E-state index is 5.83. The summed E-state index contributed by atoms with van der Waals surface area (Å²) in [5.41, 5.74) is 9.22. The Morgan fingerprint density at radius 2 is 2.06 bits per heavy atom. The van der Waals surface area contributed by atoms with Crippen LogP contribution in [0.2, 0.25) is 0 Å². The number of nitrogen functional groups attached to an aromatic ring is 1. The van der Waals surface area contributed by atoms with Gasteiger partial charge in [-0.05, 0) is 49.7 Å². The summed E-state index contributed by atoms with van der Waals surface area (Å²) in [7, 11) is 0. The molecule has 0 atom stereocenters. The minimum atomic E-state index is 0.842. The van der Waals surface area contributed by atoms with Gasteiger partial charge in [0.2, 0.25) is 0 Å². The molecule has 0 radical (unpaired) electrons. The van der Waals surface area contributed by atoms with E-state index in [2.05, 4.69) is 28.2 Å². The van der Waals surface area contributed by atoms with Crippen LogP contribution in [0.15, 0.2) is 24.4 Å². The number of benzene rings is 1. The van der Waals surface area contributed by atoms with E-state index < -0.39 is 0 Å². The fraction of sp³-hybridized carbons (Fsp3) is 0.385. The molecule has 0 unspecified atom stereocenters. The van der Waals surface area contributed by atoms with Crippen molar-refractivity contribution >= 4 is 16.6 Å². The van der Waals surface area contributed by atoms with Crippen molar-refractivity contribution < 1.29 is 0 Å². The van der Waals surface area contributed by atoms with Crippen molar-refractivity contribution in [1.29, 1.82) is 0 Å². The Morgan fingerprint density at radius 1 is 1.25 bits per heavy atom. The number of nitrogens with one attached hydrogen (secondary N) is 1. The van der Waals surface area contributed by atoms with Crippen molar-refractivity contribution in [3.63, 3.8) is 0 Å². The van der Waals surface area contributed by atoms with Gasteiger partial charge >= 0.3 is 0 Å². The Hall–Kier alpha value is -1.48. The van der Waals surface area contributed by atoms with Gasteiger partial charge in [-0.25, -0.2) is 0 Å². The molecule has 0 amide bonds. The summed E-state index contributed by atoms with van der Waals surface area (Å²) in [6, 6.07) is 6.06. The quantitative estimate of drug-likeness (QED) is 0.755. The third-order valence-electron chi connectivity index (χ3n) is 3.38. The number of rotatable bonds is 2. The highest BCUT2D eigenvalue weighted by Crippen LogP contribution is 2.23. The van der Waals surface area contributed by atoms with Gasteiger partial charge in [-0.2, -0.15) is 0 Å². The minimum Gasteiger partial charge on any atom is -0.399 e. The first-order valence-corrected chi connectivity index (χ1v) is 5.91. The molecule has 1 aliphatic rings. The van der Waals surface area contributed by atoms with E-state index in [1.807, 2.05) is 6.07 Å². The van der Waals surface area contributed by atoms with Crippen molar-refractivity contribution in [1.82, 2.24) is 9.88 Å². The van der Waals surface area contributed by atoms with Crippen molar-refractivity contribution in [3.05, 3.63) is 30.0 Å². The van der Waals surface area contributed by atoms with E-state index in [0.717, 1.165) is 12.2 Å². The molecule has 1 aliphatic heterocycles. The average Bonchev–Trinajstić information content (AvgIpc) is 2.90. The fourth-order valence-electron chi connectivity index (χ4n) is 2.51. The van der Waals surface area contributed by atoms with E-state index in [1.165, 1.54) is 42.4 Å². The summed E-state index contributed by atoms with van der Waals surface area (Å²) in [5, 5.41) is 1.27. The molecule has 16 heavy (non-hydrogen) atoms. The van der Waals surface area contributed by atoms with E-state index in [9.17, 15) is 0 Å². The van der Waals surface area contributed by atoms with Crippen LogP contribution < -0.4 is 5.73 Å². The van der Waals surface area contributed by atoms with E-state index in [1.54, 1.807) is 0 Å². The summed E-state index contributed by atoms with van der Waals surface area (Å²) < 4.78 is 0. The number of fused-ring (bicyclic) bond motifs is 1. The normalized spacial score (nSPS) is 17.2. The summed E-state index contributed by atoms with van der Waals surface area (Å²) in [5.74, 6) is 0. The molecular weight excluding hydrogens is 198 g/mol. The molecule has 1 aromatic carbocycles. The number of nitrogens with two attached hydrogens (primary N) is 1. The molecule has 1 saturated heterocycles. The zero-order valence-corrected chi connectivity index (χ0v) is 9.37. The van der Waals surface area contributed by atoms with Crippen LogP contribution in [-0.2, 0) is 6.54 Å². The number of hydrogen-bond donors (Lipinski definition) is 2. The van der Waals surface area contributed by atoms with Gasteiger partial charge in [0.15, 0.2) is 0 Å². The van der Waals surface area contributed by atoms with Crippen LogP contribution in [0.5, 0.6) is 0 Å². The summed E-state index contributed by atoms with van der Waals surface area (Å²) in [6.07, 6.45) is 4.79. The second-order valence-corrected chi connectivity index (χ2v) is 4.60. The predicted molar refractivity (Wildman–Crippen MR) is 67.2 cm³/mol. The van der Waals surface area contributed by atoms with Gasteiger partial charge in [0, 0.05) is 29.3 Å². The Morgan fingerprint density at radius 3 is 2.88 bits per heavy atom.